The minimum Gasteiger partial charge on any atom is -0.375 e. The third-order valence-corrected chi connectivity index (χ3v) is 1.95. The molecule has 3 N–H and O–H groups in total. The number of thiocarbonyl (C=S) groups is 1. The largest absolute Gasteiger partial charge is 2.00 e. The molecule has 0 aromatic carbocycles. The molecular weight excluding hydrogens is 274 g/mol. The molecule has 0 fully saturated rings. The first-order valence-corrected chi connectivity index (χ1v) is 5.46. The van der Waals surface area contributed by atoms with Gasteiger partial charge in [-0.15, -0.1) is 0 Å². The molecule has 0 saturated carbocycles. The molecule has 0 heterocycles. The molecule has 0 aliphatic heterocycles. The summed E-state index contributed by atoms with van der Waals surface area (Å²) in [5.74, 6) is 0. The van der Waals surface area contributed by atoms with E-state index in [0.717, 1.165) is 18.4 Å². The number of nitrogens with two attached hydrogens (primary N) is 1. The summed E-state index contributed by atoms with van der Waals surface area (Å²) >= 11 is 4.55. The van der Waals surface area contributed by atoms with Crippen LogP contribution in [-0.4, -0.2) is 11.3 Å². The van der Waals surface area contributed by atoms with E-state index in [1.165, 1.54) is 0 Å². The predicted molar refractivity (Wildman–Crippen MR) is 73.2 cm³/mol. The third kappa shape index (κ3) is 8.63. The van der Waals surface area contributed by atoms with Crippen LogP contribution in [0.25, 0.3) is 0 Å². The summed E-state index contributed by atoms with van der Waals surface area (Å²) in [5.41, 5.74) is 8.78. The number of nitrogens with one attached hydrogen (secondary N) is 1. The van der Waals surface area contributed by atoms with Gasteiger partial charge in [0.1, 0.15) is 0 Å². The van der Waals surface area contributed by atoms with E-state index in [1.54, 1.807) is 6.21 Å². The molecule has 5 heteroatoms. The van der Waals surface area contributed by atoms with Gasteiger partial charge in [-0.1, -0.05) is 42.5 Å². The Bertz CT molecular complexity index is 371. The minimum atomic E-state index is 0. The Morgan fingerprint density at radius 1 is 1.29 bits per heavy atom. The second kappa shape index (κ2) is 10.0. The van der Waals surface area contributed by atoms with Crippen molar-refractivity contribution in [3.63, 3.8) is 0 Å². The normalized spacial score (nSPS) is 15.2. The van der Waals surface area contributed by atoms with Gasteiger partial charge >= 0.3 is 17.1 Å². The Balaban J connectivity index is 0.000000360. The summed E-state index contributed by atoms with van der Waals surface area (Å²) in [7, 11) is 0. The quantitative estimate of drug-likeness (QED) is 0.354. The molecule has 0 radical (unpaired) electrons. The maximum atomic E-state index is 5.15. The summed E-state index contributed by atoms with van der Waals surface area (Å²) in [5, 5.41) is 3.99. The molecule has 0 saturated heterocycles. The van der Waals surface area contributed by atoms with Crippen LogP contribution in [0.5, 0.6) is 0 Å². The predicted octanol–water partition coefficient (Wildman–Crippen LogP) is 2.19. The van der Waals surface area contributed by atoms with E-state index in [2.05, 4.69) is 53.1 Å². The number of hydrogen-bond donors (Lipinski definition) is 2. The molecule has 0 unspecified atom stereocenters. The summed E-state index contributed by atoms with van der Waals surface area (Å²) in [6, 6.07) is 0. The van der Waals surface area contributed by atoms with Crippen LogP contribution in [0.15, 0.2) is 53.2 Å². The molecular formula is C12H15FeN3S+2. The second-order valence-corrected chi connectivity index (χ2v) is 3.64. The number of hydrogen-bond acceptors (Lipinski definition) is 2. The van der Waals surface area contributed by atoms with Crippen LogP contribution < -0.4 is 11.2 Å². The van der Waals surface area contributed by atoms with E-state index < -0.39 is 0 Å². The fraction of sp³-hybridized carbons (Fsp3) is 0.167. The van der Waals surface area contributed by atoms with E-state index >= 15 is 0 Å². The van der Waals surface area contributed by atoms with Crippen molar-refractivity contribution in [1.82, 2.24) is 5.43 Å². The summed E-state index contributed by atoms with van der Waals surface area (Å²) in [6.45, 7) is 0. The third-order valence-electron chi connectivity index (χ3n) is 1.86. The average molecular weight is 289 g/mol. The van der Waals surface area contributed by atoms with Crippen molar-refractivity contribution in [2.75, 3.05) is 0 Å². The molecule has 3 nitrogen and oxygen atoms in total. The molecule has 0 aromatic rings. The van der Waals surface area contributed by atoms with E-state index in [0.29, 0.717) is 0 Å². The van der Waals surface area contributed by atoms with Gasteiger partial charge in [-0.2, -0.15) is 5.10 Å². The van der Waals surface area contributed by atoms with Gasteiger partial charge in [0.25, 0.3) is 0 Å². The fourth-order valence-corrected chi connectivity index (χ4v) is 1.18. The molecule has 2 aliphatic rings. The van der Waals surface area contributed by atoms with Gasteiger partial charge in [0.2, 0.25) is 0 Å². The summed E-state index contributed by atoms with van der Waals surface area (Å²) in [4.78, 5) is 0. The molecule has 2 aliphatic carbocycles. The van der Waals surface area contributed by atoms with Gasteiger partial charge in [0.05, 0.1) is 6.21 Å². The van der Waals surface area contributed by atoms with Crippen LogP contribution in [0.3, 0.4) is 0 Å². The van der Waals surface area contributed by atoms with Crippen molar-refractivity contribution in [2.45, 2.75) is 12.8 Å². The first-order valence-electron chi connectivity index (χ1n) is 5.05. The Morgan fingerprint density at radius 3 is 2.41 bits per heavy atom. The van der Waals surface area contributed by atoms with Crippen LogP contribution in [0.1, 0.15) is 12.8 Å². The number of allylic oxidation sites excluding steroid dienone is 8. The van der Waals surface area contributed by atoms with Crippen LogP contribution >= 0.6 is 12.2 Å². The maximum Gasteiger partial charge on any atom is 2.00 e. The summed E-state index contributed by atoms with van der Waals surface area (Å²) in [6.07, 6.45) is 18.2. The van der Waals surface area contributed by atoms with Gasteiger partial charge in [0.15, 0.2) is 5.11 Å². The second-order valence-electron chi connectivity index (χ2n) is 3.20. The van der Waals surface area contributed by atoms with E-state index in [9.17, 15) is 0 Å². The number of nitrogens with zero attached hydrogens (tertiary/aromatic N) is 1. The molecule has 17 heavy (non-hydrogen) atoms. The van der Waals surface area contributed by atoms with Crippen molar-refractivity contribution < 1.29 is 17.1 Å². The van der Waals surface area contributed by atoms with E-state index in [-0.39, 0.29) is 22.2 Å². The van der Waals surface area contributed by atoms with E-state index in [4.69, 9.17) is 5.73 Å². The van der Waals surface area contributed by atoms with Gasteiger partial charge < -0.3 is 5.73 Å². The minimum absolute atomic E-state index is 0. The van der Waals surface area contributed by atoms with Crippen LogP contribution in [0.4, 0.5) is 0 Å². The fourth-order valence-electron chi connectivity index (χ4n) is 1.13. The van der Waals surface area contributed by atoms with Crippen LogP contribution in [0, 0.1) is 0 Å². The molecule has 0 atom stereocenters. The molecule has 0 aromatic heterocycles. The standard InChI is InChI=1S/C7H9N3S.C5H6.Fe/c8-7(11)10-9-5-6-3-1-2-4-6;1-2-4-5-3-1;/h1-3,5H,4H2,(H3,8,10,11);1-4H,5H2;/q;;+2/b9-5+;;. The van der Waals surface area contributed by atoms with Crippen molar-refractivity contribution in [2.24, 2.45) is 10.8 Å². The molecule has 0 spiro atoms. The van der Waals surface area contributed by atoms with Gasteiger partial charge in [-0.25, -0.2) is 0 Å². The van der Waals surface area contributed by atoms with E-state index in [1.807, 2.05) is 12.2 Å². The zero-order chi connectivity index (χ0) is 11.6. The van der Waals surface area contributed by atoms with Crippen molar-refractivity contribution in [3.8, 4) is 0 Å². The van der Waals surface area contributed by atoms with Crippen LogP contribution in [-0.2, 0) is 17.1 Å². The molecule has 0 amide bonds. The van der Waals surface area contributed by atoms with Crippen molar-refractivity contribution in [1.29, 1.82) is 0 Å². The Kier molecular flexibility index (Phi) is 9.34. The zero-order valence-corrected chi connectivity index (χ0v) is 11.2. The van der Waals surface area contributed by atoms with Crippen molar-refractivity contribution in [3.05, 3.63) is 48.1 Å². The molecule has 90 valence electrons. The Labute approximate surface area is 118 Å². The monoisotopic (exact) mass is 289 g/mol. The first-order chi connectivity index (χ1) is 7.79. The Hall–Kier alpha value is -1.16. The average Bonchev–Trinajstić information content (AvgIpc) is 2.93. The topological polar surface area (TPSA) is 50.4 Å². The van der Waals surface area contributed by atoms with Crippen LogP contribution in [0.2, 0.25) is 0 Å². The first kappa shape index (κ1) is 15.8. The Morgan fingerprint density at radius 2 is 2.00 bits per heavy atom. The molecule has 2 rings (SSSR count). The maximum absolute atomic E-state index is 5.15. The summed E-state index contributed by atoms with van der Waals surface area (Å²) < 4.78 is 0. The van der Waals surface area contributed by atoms with Gasteiger partial charge in [-0.3, -0.25) is 5.43 Å². The zero-order valence-electron chi connectivity index (χ0n) is 9.32. The van der Waals surface area contributed by atoms with Gasteiger partial charge in [-0.05, 0) is 30.6 Å². The number of rotatable bonds is 2. The SMILES string of the molecule is C1=CCC=C1.NC(=S)N/N=C/C1=CC=CC1.[Fe+2]. The smallest absolute Gasteiger partial charge is 0.375 e. The molecule has 0 bridgehead atoms. The van der Waals surface area contributed by atoms with Gasteiger partial charge in [0, 0.05) is 0 Å². The number of hydrazone groups is 1. The van der Waals surface area contributed by atoms with Crippen molar-refractivity contribution >= 4 is 23.5 Å².